The highest BCUT2D eigenvalue weighted by molar-refractivity contribution is 5.76. The van der Waals surface area contributed by atoms with Crippen molar-refractivity contribution in [1.82, 2.24) is 0 Å². The SMILES string of the molecule is CCC(C)(C)C(=O)OC1OCC(C)C(C)C1OC(C)=O. The molecule has 0 radical (unpaired) electrons. The first kappa shape index (κ1) is 17.0. The molecule has 0 aliphatic carbocycles. The van der Waals surface area contributed by atoms with Crippen LogP contribution in [0.5, 0.6) is 0 Å². The number of hydrogen-bond donors (Lipinski definition) is 0. The van der Waals surface area contributed by atoms with E-state index in [1.165, 1.54) is 6.92 Å². The number of carbonyl (C=O) groups is 2. The first-order valence-corrected chi connectivity index (χ1v) is 7.19. The summed E-state index contributed by atoms with van der Waals surface area (Å²) >= 11 is 0. The van der Waals surface area contributed by atoms with Crippen LogP contribution in [-0.2, 0) is 23.8 Å². The van der Waals surface area contributed by atoms with Gasteiger partial charge in [0.1, 0.15) is 0 Å². The lowest BCUT2D eigenvalue weighted by Gasteiger charge is -2.39. The summed E-state index contributed by atoms with van der Waals surface area (Å²) in [7, 11) is 0. The van der Waals surface area contributed by atoms with Gasteiger partial charge in [-0.2, -0.15) is 0 Å². The lowest BCUT2D eigenvalue weighted by atomic mass is 9.88. The molecular formula is C15H26O5. The van der Waals surface area contributed by atoms with Gasteiger partial charge in [0.25, 0.3) is 0 Å². The third-order valence-corrected chi connectivity index (χ3v) is 4.17. The Morgan fingerprint density at radius 2 is 1.85 bits per heavy atom. The monoisotopic (exact) mass is 286 g/mol. The van der Waals surface area contributed by atoms with E-state index in [0.717, 1.165) is 0 Å². The maximum atomic E-state index is 12.1. The summed E-state index contributed by atoms with van der Waals surface area (Å²) in [5.41, 5.74) is -0.573. The summed E-state index contributed by atoms with van der Waals surface area (Å²) in [5, 5.41) is 0. The molecule has 1 aliphatic rings. The molecule has 1 fully saturated rings. The number of ether oxygens (including phenoxy) is 3. The summed E-state index contributed by atoms with van der Waals surface area (Å²) in [6.45, 7) is 11.4. The first-order chi connectivity index (χ1) is 9.19. The summed E-state index contributed by atoms with van der Waals surface area (Å²) in [4.78, 5) is 23.4. The van der Waals surface area contributed by atoms with E-state index >= 15 is 0 Å². The number of esters is 2. The van der Waals surface area contributed by atoms with E-state index in [2.05, 4.69) is 0 Å². The second-order valence-electron chi connectivity index (χ2n) is 6.25. The molecule has 5 nitrogen and oxygen atoms in total. The van der Waals surface area contributed by atoms with Gasteiger partial charge in [-0.3, -0.25) is 9.59 Å². The van der Waals surface area contributed by atoms with Crippen LogP contribution in [0, 0.1) is 17.3 Å². The third-order valence-electron chi connectivity index (χ3n) is 4.17. The highest BCUT2D eigenvalue weighted by atomic mass is 16.7. The quantitative estimate of drug-likeness (QED) is 0.743. The van der Waals surface area contributed by atoms with Gasteiger partial charge >= 0.3 is 11.9 Å². The van der Waals surface area contributed by atoms with Crippen molar-refractivity contribution < 1.29 is 23.8 Å². The van der Waals surface area contributed by atoms with E-state index in [-0.39, 0.29) is 17.8 Å². The molecule has 0 N–H and O–H groups in total. The first-order valence-electron chi connectivity index (χ1n) is 7.19. The summed E-state index contributed by atoms with van der Waals surface area (Å²) in [6.07, 6.45) is -0.695. The molecule has 0 aromatic rings. The van der Waals surface area contributed by atoms with Gasteiger partial charge in [0.05, 0.1) is 12.0 Å². The fourth-order valence-electron chi connectivity index (χ4n) is 1.93. The largest absolute Gasteiger partial charge is 0.456 e. The normalized spacial score (nSPS) is 30.7. The highest BCUT2D eigenvalue weighted by Crippen LogP contribution is 2.31. The van der Waals surface area contributed by atoms with E-state index < -0.39 is 23.8 Å². The van der Waals surface area contributed by atoms with Crippen molar-refractivity contribution in [3.05, 3.63) is 0 Å². The van der Waals surface area contributed by atoms with Crippen LogP contribution in [0.2, 0.25) is 0 Å². The van der Waals surface area contributed by atoms with E-state index in [1.54, 1.807) is 0 Å². The predicted molar refractivity (Wildman–Crippen MR) is 73.8 cm³/mol. The molecular weight excluding hydrogens is 260 g/mol. The molecule has 1 aliphatic heterocycles. The molecule has 0 aromatic heterocycles. The van der Waals surface area contributed by atoms with Gasteiger partial charge in [0, 0.05) is 12.8 Å². The van der Waals surface area contributed by atoms with Gasteiger partial charge in [-0.05, 0) is 26.2 Å². The Labute approximate surface area is 121 Å². The van der Waals surface area contributed by atoms with Crippen LogP contribution in [-0.4, -0.2) is 30.9 Å². The minimum Gasteiger partial charge on any atom is -0.456 e. The van der Waals surface area contributed by atoms with Crippen LogP contribution in [0.15, 0.2) is 0 Å². The standard InChI is InChI=1S/C15H26O5/c1-7-15(5,6)14(17)20-13-12(19-11(4)16)10(3)9(2)8-18-13/h9-10,12-13H,7-8H2,1-6H3. The van der Waals surface area contributed by atoms with E-state index in [4.69, 9.17) is 14.2 Å². The maximum Gasteiger partial charge on any atom is 0.313 e. The van der Waals surface area contributed by atoms with Crippen LogP contribution < -0.4 is 0 Å². The highest BCUT2D eigenvalue weighted by Gasteiger charge is 2.42. The summed E-state index contributed by atoms with van der Waals surface area (Å²) < 4.78 is 16.3. The molecule has 116 valence electrons. The molecule has 1 saturated heterocycles. The molecule has 0 bridgehead atoms. The van der Waals surface area contributed by atoms with Crippen molar-refractivity contribution in [3.63, 3.8) is 0 Å². The van der Waals surface area contributed by atoms with Crippen LogP contribution in [0.25, 0.3) is 0 Å². The Kier molecular flexibility index (Phi) is 5.57. The minimum absolute atomic E-state index is 0.0789. The van der Waals surface area contributed by atoms with Crippen LogP contribution >= 0.6 is 0 Å². The molecule has 1 heterocycles. The van der Waals surface area contributed by atoms with Crippen molar-refractivity contribution in [2.24, 2.45) is 17.3 Å². The second kappa shape index (κ2) is 6.57. The minimum atomic E-state index is -0.816. The van der Waals surface area contributed by atoms with E-state index in [0.29, 0.717) is 13.0 Å². The van der Waals surface area contributed by atoms with Gasteiger partial charge < -0.3 is 14.2 Å². The number of carbonyl (C=O) groups excluding carboxylic acids is 2. The van der Waals surface area contributed by atoms with E-state index in [1.807, 2.05) is 34.6 Å². The fraction of sp³-hybridized carbons (Fsp3) is 0.867. The van der Waals surface area contributed by atoms with Gasteiger partial charge in [-0.1, -0.05) is 20.8 Å². The van der Waals surface area contributed by atoms with Crippen molar-refractivity contribution in [1.29, 1.82) is 0 Å². The average Bonchev–Trinajstić information content (AvgIpc) is 2.37. The molecule has 4 atom stereocenters. The third kappa shape index (κ3) is 3.95. The Bertz CT molecular complexity index is 363. The molecule has 20 heavy (non-hydrogen) atoms. The Morgan fingerprint density at radius 3 is 2.35 bits per heavy atom. The Morgan fingerprint density at radius 1 is 1.25 bits per heavy atom. The van der Waals surface area contributed by atoms with Crippen molar-refractivity contribution >= 4 is 11.9 Å². The van der Waals surface area contributed by atoms with E-state index in [9.17, 15) is 9.59 Å². The van der Waals surface area contributed by atoms with Crippen LogP contribution in [0.1, 0.15) is 48.0 Å². The lowest BCUT2D eigenvalue weighted by Crippen LogP contribution is -2.49. The topological polar surface area (TPSA) is 61.8 Å². The zero-order valence-corrected chi connectivity index (χ0v) is 13.3. The van der Waals surface area contributed by atoms with Gasteiger partial charge in [-0.15, -0.1) is 0 Å². The average molecular weight is 286 g/mol. The predicted octanol–water partition coefficient (Wildman–Crippen LogP) is 2.53. The second-order valence-corrected chi connectivity index (χ2v) is 6.25. The van der Waals surface area contributed by atoms with Gasteiger partial charge in [0.2, 0.25) is 6.29 Å². The van der Waals surface area contributed by atoms with Crippen LogP contribution in [0.3, 0.4) is 0 Å². The molecule has 0 aromatic carbocycles. The zero-order chi connectivity index (χ0) is 15.5. The molecule has 5 heteroatoms. The van der Waals surface area contributed by atoms with Crippen LogP contribution in [0.4, 0.5) is 0 Å². The number of hydrogen-bond acceptors (Lipinski definition) is 5. The van der Waals surface area contributed by atoms with Gasteiger partial charge in [-0.25, -0.2) is 0 Å². The summed E-state index contributed by atoms with van der Waals surface area (Å²) in [6, 6.07) is 0. The molecule has 1 rings (SSSR count). The lowest BCUT2D eigenvalue weighted by molar-refractivity contribution is -0.249. The molecule has 0 saturated carbocycles. The summed E-state index contributed by atoms with van der Waals surface area (Å²) in [5.74, 6) is -0.400. The smallest absolute Gasteiger partial charge is 0.313 e. The zero-order valence-electron chi connectivity index (χ0n) is 13.3. The van der Waals surface area contributed by atoms with Crippen molar-refractivity contribution in [3.8, 4) is 0 Å². The molecule has 0 spiro atoms. The Balaban J connectivity index is 2.80. The maximum absolute atomic E-state index is 12.1. The molecule has 4 unspecified atom stereocenters. The molecule has 0 amide bonds. The van der Waals surface area contributed by atoms with Crippen molar-refractivity contribution in [2.45, 2.75) is 60.4 Å². The number of rotatable bonds is 4. The van der Waals surface area contributed by atoms with Gasteiger partial charge in [0.15, 0.2) is 6.10 Å². The fourth-order valence-corrected chi connectivity index (χ4v) is 1.93. The van der Waals surface area contributed by atoms with Crippen molar-refractivity contribution in [2.75, 3.05) is 6.61 Å². The Hall–Kier alpha value is -1.10.